The monoisotopic (exact) mass is 542 g/mol. The van der Waals surface area contributed by atoms with Crippen LogP contribution in [0.2, 0.25) is 0 Å². The molecule has 1 saturated heterocycles. The van der Waals surface area contributed by atoms with Crippen LogP contribution in [0.1, 0.15) is 29.9 Å². The summed E-state index contributed by atoms with van der Waals surface area (Å²) in [5, 5.41) is 0. The Kier molecular flexibility index (Phi) is 8.27. The van der Waals surface area contributed by atoms with Crippen molar-refractivity contribution >= 4 is 0 Å². The number of benzene rings is 3. The Morgan fingerprint density at radius 2 is 1.55 bits per heavy atom. The molecular weight excluding hydrogens is 521 g/mol. The Balaban J connectivity index is 1.41. The van der Waals surface area contributed by atoms with Crippen LogP contribution in [0.15, 0.2) is 60.7 Å². The van der Waals surface area contributed by atoms with Gasteiger partial charge in [0.1, 0.15) is 18.2 Å². The Labute approximate surface area is 213 Å². The molecule has 3 aromatic carbocycles. The molecule has 0 saturated carbocycles. The molecule has 0 aromatic heterocycles. The summed E-state index contributed by atoms with van der Waals surface area (Å²) >= 11 is 0. The molecule has 0 atom stereocenters. The molecule has 4 nitrogen and oxygen atoms in total. The molecule has 1 aliphatic rings. The van der Waals surface area contributed by atoms with Crippen LogP contribution in [0.5, 0.6) is 11.5 Å². The van der Waals surface area contributed by atoms with E-state index in [4.69, 9.17) is 14.2 Å². The summed E-state index contributed by atoms with van der Waals surface area (Å²) in [6.07, 6.45) is -1.35. The zero-order valence-electron chi connectivity index (χ0n) is 19.8. The van der Waals surface area contributed by atoms with Crippen molar-refractivity contribution in [3.05, 3.63) is 106 Å². The van der Waals surface area contributed by atoms with Crippen molar-refractivity contribution < 1.29 is 49.7 Å². The molecule has 1 aliphatic heterocycles. The predicted octanol–water partition coefficient (Wildman–Crippen LogP) is 7.33. The first-order chi connectivity index (χ1) is 18.1. The van der Waals surface area contributed by atoms with Crippen molar-refractivity contribution in [2.24, 2.45) is 5.92 Å². The number of allylic oxidation sites excluding steroid dienone is 1. The molecule has 1 fully saturated rings. The molecule has 0 radical (unpaired) electrons. The largest absolute Gasteiger partial charge is 0.486 e. The van der Waals surface area contributed by atoms with Crippen LogP contribution < -0.4 is 9.47 Å². The molecule has 0 aliphatic carbocycles. The first-order valence-electron chi connectivity index (χ1n) is 11.4. The summed E-state index contributed by atoms with van der Waals surface area (Å²) in [6.45, 7) is 1.95. The van der Waals surface area contributed by atoms with Crippen molar-refractivity contribution in [1.29, 1.82) is 0 Å². The number of ether oxygens (including phenoxy) is 4. The Morgan fingerprint density at radius 3 is 2.16 bits per heavy atom. The fourth-order valence-corrected chi connectivity index (χ4v) is 3.73. The Hall–Kier alpha value is -3.57. The summed E-state index contributed by atoms with van der Waals surface area (Å²) < 4.78 is 119. The average molecular weight is 542 g/mol. The normalized spacial score (nSPS) is 18.1. The average Bonchev–Trinajstić information content (AvgIpc) is 2.87. The van der Waals surface area contributed by atoms with Gasteiger partial charge in [-0.1, -0.05) is 18.2 Å². The van der Waals surface area contributed by atoms with Crippen LogP contribution >= 0.6 is 0 Å². The maximum absolute atomic E-state index is 14.7. The van der Waals surface area contributed by atoms with Gasteiger partial charge in [0.2, 0.25) is 0 Å². The van der Waals surface area contributed by atoms with E-state index in [9.17, 15) is 30.7 Å². The quantitative estimate of drug-likeness (QED) is 0.170. The highest BCUT2D eigenvalue weighted by molar-refractivity contribution is 5.35. The van der Waals surface area contributed by atoms with Gasteiger partial charge in [-0.25, -0.2) is 22.0 Å². The fourth-order valence-electron chi connectivity index (χ4n) is 3.73. The van der Waals surface area contributed by atoms with E-state index < -0.39 is 65.2 Å². The molecule has 4 rings (SSSR count). The van der Waals surface area contributed by atoms with Gasteiger partial charge in [0.15, 0.2) is 35.3 Å². The first-order valence-corrected chi connectivity index (χ1v) is 11.4. The lowest BCUT2D eigenvalue weighted by molar-refractivity contribution is -0.198. The summed E-state index contributed by atoms with van der Waals surface area (Å²) in [5.41, 5.74) is -1.02. The van der Waals surface area contributed by atoms with Crippen molar-refractivity contribution in [3.63, 3.8) is 0 Å². The fraction of sp³-hybridized carbons (Fsp3) is 0.259. The molecule has 1 heterocycles. The maximum atomic E-state index is 14.7. The van der Waals surface area contributed by atoms with E-state index in [1.54, 1.807) is 0 Å². The summed E-state index contributed by atoms with van der Waals surface area (Å²) in [7, 11) is 0. The van der Waals surface area contributed by atoms with Gasteiger partial charge in [-0.3, -0.25) is 0 Å². The molecule has 0 N–H and O–H groups in total. The van der Waals surface area contributed by atoms with E-state index in [1.807, 2.05) is 19.1 Å². The van der Waals surface area contributed by atoms with Gasteiger partial charge >= 0.3 is 6.11 Å². The topological polar surface area (TPSA) is 36.9 Å². The molecule has 3 aromatic rings. The lowest BCUT2D eigenvalue weighted by Gasteiger charge is -2.28. The van der Waals surface area contributed by atoms with Gasteiger partial charge < -0.3 is 18.9 Å². The standard InChI is InChI=1S/C27H21F7O4/c1-2-3-15-12-36-26(37-13-15)17-4-6-19(20(28)10-17)27(33,34)38-18-5-7-24(21(29)11-18)35-14-16-8-22(30)25(32)23(31)9-16/h2-11,15,26H,12-14H2,1H3/b3-2+. The summed E-state index contributed by atoms with van der Waals surface area (Å²) in [4.78, 5) is 0. The van der Waals surface area contributed by atoms with E-state index in [2.05, 4.69) is 4.74 Å². The van der Waals surface area contributed by atoms with Crippen LogP contribution in [0.25, 0.3) is 0 Å². The molecule has 202 valence electrons. The number of halogens is 7. The van der Waals surface area contributed by atoms with E-state index in [1.165, 1.54) is 6.07 Å². The third-order valence-electron chi connectivity index (χ3n) is 5.55. The maximum Gasteiger partial charge on any atom is 0.429 e. The van der Waals surface area contributed by atoms with Crippen molar-refractivity contribution in [2.45, 2.75) is 25.9 Å². The Morgan fingerprint density at radius 1 is 0.868 bits per heavy atom. The van der Waals surface area contributed by atoms with Crippen LogP contribution in [-0.2, 0) is 22.2 Å². The third-order valence-corrected chi connectivity index (χ3v) is 5.55. The second-order valence-corrected chi connectivity index (χ2v) is 8.40. The number of rotatable bonds is 8. The van der Waals surface area contributed by atoms with Crippen LogP contribution in [0.4, 0.5) is 30.7 Å². The zero-order chi connectivity index (χ0) is 27.4. The second kappa shape index (κ2) is 11.4. The van der Waals surface area contributed by atoms with Gasteiger partial charge in [-0.2, -0.15) is 8.78 Å². The molecule has 0 amide bonds. The number of alkyl halides is 2. The molecular formula is C27H21F7O4. The predicted molar refractivity (Wildman–Crippen MR) is 121 cm³/mol. The molecule has 0 bridgehead atoms. The highest BCUT2D eigenvalue weighted by Gasteiger charge is 2.38. The number of hydrogen-bond donors (Lipinski definition) is 0. The van der Waals surface area contributed by atoms with Crippen molar-refractivity contribution in [3.8, 4) is 11.5 Å². The van der Waals surface area contributed by atoms with E-state index >= 15 is 0 Å². The van der Waals surface area contributed by atoms with Gasteiger partial charge in [0.05, 0.1) is 18.8 Å². The van der Waals surface area contributed by atoms with Gasteiger partial charge in [0, 0.05) is 17.5 Å². The highest BCUT2D eigenvalue weighted by atomic mass is 19.3. The molecule has 38 heavy (non-hydrogen) atoms. The summed E-state index contributed by atoms with van der Waals surface area (Å²) in [5.74, 6) is -8.05. The lowest BCUT2D eigenvalue weighted by Crippen LogP contribution is -2.27. The third kappa shape index (κ3) is 6.28. The van der Waals surface area contributed by atoms with Gasteiger partial charge in [-0.15, -0.1) is 0 Å². The zero-order valence-corrected chi connectivity index (χ0v) is 19.8. The van der Waals surface area contributed by atoms with Crippen LogP contribution in [-0.4, -0.2) is 13.2 Å². The molecule has 11 heteroatoms. The lowest BCUT2D eigenvalue weighted by atomic mass is 10.1. The minimum absolute atomic E-state index is 0.0317. The van der Waals surface area contributed by atoms with E-state index in [-0.39, 0.29) is 17.0 Å². The minimum Gasteiger partial charge on any atom is -0.486 e. The molecule has 0 unspecified atom stereocenters. The second-order valence-electron chi connectivity index (χ2n) is 8.40. The van der Waals surface area contributed by atoms with Crippen LogP contribution in [0, 0.1) is 35.0 Å². The minimum atomic E-state index is -4.17. The SMILES string of the molecule is C/C=C/C1COC(c2ccc(C(F)(F)Oc3ccc(OCc4cc(F)c(F)c(F)c4)c(F)c3)c(F)c2)OC1. The Bertz CT molecular complexity index is 1300. The summed E-state index contributed by atoms with van der Waals surface area (Å²) in [6, 6.07) is 6.68. The molecule has 0 spiro atoms. The highest BCUT2D eigenvalue weighted by Crippen LogP contribution is 2.36. The van der Waals surface area contributed by atoms with Gasteiger partial charge in [0.25, 0.3) is 0 Å². The van der Waals surface area contributed by atoms with Gasteiger partial charge in [-0.05, 0) is 48.9 Å². The van der Waals surface area contributed by atoms with E-state index in [0.29, 0.717) is 31.4 Å². The first kappa shape index (κ1) is 27.5. The van der Waals surface area contributed by atoms with Crippen molar-refractivity contribution in [2.75, 3.05) is 13.2 Å². The van der Waals surface area contributed by atoms with Crippen LogP contribution in [0.3, 0.4) is 0 Å². The van der Waals surface area contributed by atoms with E-state index in [0.717, 1.165) is 24.3 Å². The smallest absolute Gasteiger partial charge is 0.429 e. The van der Waals surface area contributed by atoms with Crippen molar-refractivity contribution in [1.82, 2.24) is 0 Å². The number of hydrogen-bond acceptors (Lipinski definition) is 4.